The molecule has 3 heteroatoms. The van der Waals surface area contributed by atoms with Gasteiger partial charge < -0.3 is 5.11 Å². The fraction of sp³-hybridized carbons (Fsp3) is 0.167. The van der Waals surface area contributed by atoms with Crippen molar-refractivity contribution in [2.45, 2.75) is 19.8 Å². The second-order valence-electron chi connectivity index (χ2n) is 5.45. The van der Waals surface area contributed by atoms with E-state index in [1.165, 1.54) is 16.0 Å². The van der Waals surface area contributed by atoms with E-state index in [2.05, 4.69) is 44.2 Å². The lowest BCUT2D eigenvalue weighted by atomic mass is 10.0. The molecule has 0 aliphatic rings. The lowest BCUT2D eigenvalue weighted by Crippen LogP contribution is -1.94. The van der Waals surface area contributed by atoms with Gasteiger partial charge in [-0.15, -0.1) is 11.3 Å². The quantitative estimate of drug-likeness (QED) is 0.703. The molecular formula is C18H16O2S. The van der Waals surface area contributed by atoms with Crippen LogP contribution in [0.5, 0.6) is 0 Å². The summed E-state index contributed by atoms with van der Waals surface area (Å²) in [4.78, 5) is 12.2. The first kappa shape index (κ1) is 13.8. The summed E-state index contributed by atoms with van der Waals surface area (Å²) in [5.41, 5.74) is 2.84. The molecule has 0 unspecified atom stereocenters. The van der Waals surface area contributed by atoms with Gasteiger partial charge in [-0.1, -0.05) is 44.2 Å². The summed E-state index contributed by atoms with van der Waals surface area (Å²) in [6.07, 6.45) is 0. The third-order valence-electron chi connectivity index (χ3n) is 3.63. The molecule has 0 amide bonds. The second-order valence-corrected chi connectivity index (χ2v) is 6.53. The van der Waals surface area contributed by atoms with Crippen molar-refractivity contribution >= 4 is 27.4 Å². The van der Waals surface area contributed by atoms with Crippen molar-refractivity contribution in [1.29, 1.82) is 0 Å². The highest BCUT2D eigenvalue weighted by Gasteiger charge is 2.08. The highest BCUT2D eigenvalue weighted by atomic mass is 32.1. The van der Waals surface area contributed by atoms with Crippen LogP contribution in [-0.4, -0.2) is 11.1 Å². The molecule has 106 valence electrons. The maximum absolute atomic E-state index is 11.0. The summed E-state index contributed by atoms with van der Waals surface area (Å²) < 4.78 is 1.01. The van der Waals surface area contributed by atoms with Crippen molar-refractivity contribution in [3.63, 3.8) is 0 Å². The van der Waals surface area contributed by atoms with E-state index in [4.69, 9.17) is 5.11 Å². The summed E-state index contributed by atoms with van der Waals surface area (Å²) in [5, 5.41) is 10.1. The van der Waals surface area contributed by atoms with Crippen LogP contribution in [0.15, 0.2) is 48.5 Å². The predicted octanol–water partition coefficient (Wildman–Crippen LogP) is 5.39. The Morgan fingerprint density at radius 1 is 1.05 bits per heavy atom. The van der Waals surface area contributed by atoms with Gasteiger partial charge >= 0.3 is 5.97 Å². The van der Waals surface area contributed by atoms with Gasteiger partial charge in [0.25, 0.3) is 0 Å². The van der Waals surface area contributed by atoms with Gasteiger partial charge in [-0.2, -0.15) is 0 Å². The molecule has 0 aliphatic carbocycles. The van der Waals surface area contributed by atoms with Gasteiger partial charge in [0.05, 0.1) is 5.56 Å². The van der Waals surface area contributed by atoms with Crippen LogP contribution in [-0.2, 0) is 0 Å². The largest absolute Gasteiger partial charge is 0.478 e. The highest BCUT2D eigenvalue weighted by Crippen LogP contribution is 2.34. The van der Waals surface area contributed by atoms with Crippen LogP contribution < -0.4 is 0 Å². The molecular weight excluding hydrogens is 280 g/mol. The molecule has 0 bridgehead atoms. The fourth-order valence-corrected chi connectivity index (χ4v) is 3.45. The van der Waals surface area contributed by atoms with Gasteiger partial charge in [0.1, 0.15) is 0 Å². The monoisotopic (exact) mass is 296 g/mol. The van der Waals surface area contributed by atoms with Gasteiger partial charge in [-0.25, -0.2) is 4.79 Å². The number of hydrogen-bond acceptors (Lipinski definition) is 2. The SMILES string of the molecule is CC(C)c1ccc(-c2cc3ccc(C(=O)O)cc3s2)cc1. The van der Waals surface area contributed by atoms with Crippen molar-refractivity contribution in [3.8, 4) is 10.4 Å². The Kier molecular flexibility index (Phi) is 3.52. The smallest absolute Gasteiger partial charge is 0.335 e. The zero-order chi connectivity index (χ0) is 15.0. The van der Waals surface area contributed by atoms with Crippen LogP contribution in [0, 0.1) is 0 Å². The Balaban J connectivity index is 2.02. The summed E-state index contributed by atoms with van der Waals surface area (Å²) in [7, 11) is 0. The molecule has 0 radical (unpaired) electrons. The van der Waals surface area contributed by atoms with Gasteiger partial charge in [0.2, 0.25) is 0 Å². The Morgan fingerprint density at radius 2 is 1.76 bits per heavy atom. The lowest BCUT2D eigenvalue weighted by Gasteiger charge is -2.05. The zero-order valence-corrected chi connectivity index (χ0v) is 12.8. The summed E-state index contributed by atoms with van der Waals surface area (Å²) in [5.74, 6) is -0.354. The van der Waals surface area contributed by atoms with Crippen molar-refractivity contribution in [1.82, 2.24) is 0 Å². The van der Waals surface area contributed by atoms with Crippen LogP contribution in [0.1, 0.15) is 35.7 Å². The van der Waals surface area contributed by atoms with Gasteiger partial charge in [0.15, 0.2) is 0 Å². The molecule has 1 aromatic heterocycles. The number of rotatable bonds is 3. The van der Waals surface area contributed by atoms with Gasteiger partial charge in [-0.3, -0.25) is 0 Å². The van der Waals surface area contributed by atoms with E-state index >= 15 is 0 Å². The van der Waals surface area contributed by atoms with Crippen LogP contribution >= 0.6 is 11.3 Å². The Bertz CT molecular complexity index is 798. The topological polar surface area (TPSA) is 37.3 Å². The molecule has 0 atom stereocenters. The molecule has 0 saturated heterocycles. The fourth-order valence-electron chi connectivity index (χ4n) is 2.34. The first-order valence-corrected chi connectivity index (χ1v) is 7.73. The third kappa shape index (κ3) is 2.69. The van der Waals surface area contributed by atoms with Crippen molar-refractivity contribution in [2.24, 2.45) is 0 Å². The number of fused-ring (bicyclic) bond motifs is 1. The minimum atomic E-state index is -0.881. The Morgan fingerprint density at radius 3 is 2.38 bits per heavy atom. The van der Waals surface area contributed by atoms with Gasteiger partial charge in [0, 0.05) is 9.58 Å². The summed E-state index contributed by atoms with van der Waals surface area (Å²) >= 11 is 1.63. The third-order valence-corrected chi connectivity index (χ3v) is 4.78. The molecule has 1 N–H and O–H groups in total. The lowest BCUT2D eigenvalue weighted by molar-refractivity contribution is 0.0697. The van der Waals surface area contributed by atoms with Crippen LogP contribution in [0.3, 0.4) is 0 Å². The number of hydrogen-bond donors (Lipinski definition) is 1. The molecule has 0 saturated carbocycles. The zero-order valence-electron chi connectivity index (χ0n) is 12.0. The first-order valence-electron chi connectivity index (χ1n) is 6.92. The Labute approximate surface area is 127 Å². The van der Waals surface area contributed by atoms with E-state index in [0.717, 1.165) is 10.1 Å². The van der Waals surface area contributed by atoms with Crippen molar-refractivity contribution < 1.29 is 9.90 Å². The molecule has 0 fully saturated rings. The Hall–Kier alpha value is -2.13. The number of carbonyl (C=O) groups is 1. The van der Waals surface area contributed by atoms with Gasteiger partial charge in [-0.05, 0) is 40.6 Å². The summed E-state index contributed by atoms with van der Waals surface area (Å²) in [6, 6.07) is 16.0. The molecule has 2 aromatic carbocycles. The van der Waals surface area contributed by atoms with Crippen LogP contribution in [0.2, 0.25) is 0 Å². The second kappa shape index (κ2) is 5.34. The number of benzene rings is 2. The van der Waals surface area contributed by atoms with E-state index < -0.39 is 5.97 Å². The minimum absolute atomic E-state index is 0.339. The average molecular weight is 296 g/mol. The van der Waals surface area contributed by atoms with Crippen molar-refractivity contribution in [2.75, 3.05) is 0 Å². The number of carboxylic acids is 1. The molecule has 21 heavy (non-hydrogen) atoms. The highest BCUT2D eigenvalue weighted by molar-refractivity contribution is 7.22. The van der Waals surface area contributed by atoms with E-state index in [1.54, 1.807) is 23.5 Å². The molecule has 2 nitrogen and oxygen atoms in total. The van der Waals surface area contributed by atoms with E-state index in [0.29, 0.717) is 11.5 Å². The average Bonchev–Trinajstić information content (AvgIpc) is 2.90. The first-order chi connectivity index (χ1) is 10.0. The van der Waals surface area contributed by atoms with Crippen LogP contribution in [0.25, 0.3) is 20.5 Å². The molecule has 3 rings (SSSR count). The summed E-state index contributed by atoms with van der Waals surface area (Å²) in [6.45, 7) is 4.36. The standard InChI is InChI=1S/C18H16O2S/c1-11(2)12-3-5-13(6-4-12)16-9-14-7-8-15(18(19)20)10-17(14)21-16/h3-11H,1-2H3,(H,19,20). The molecule has 1 heterocycles. The minimum Gasteiger partial charge on any atom is -0.478 e. The molecule has 0 spiro atoms. The normalized spacial score (nSPS) is 11.2. The van der Waals surface area contributed by atoms with Crippen molar-refractivity contribution in [3.05, 3.63) is 59.7 Å². The molecule has 3 aromatic rings. The predicted molar refractivity (Wildman–Crippen MR) is 88.3 cm³/mol. The molecule has 0 aliphatic heterocycles. The number of carboxylic acid groups (broad SMARTS) is 1. The van der Waals surface area contributed by atoms with Crippen LogP contribution in [0.4, 0.5) is 0 Å². The van der Waals surface area contributed by atoms with E-state index in [1.807, 2.05) is 6.07 Å². The number of thiophene rings is 1. The maximum atomic E-state index is 11.0. The maximum Gasteiger partial charge on any atom is 0.335 e. The van der Waals surface area contributed by atoms with E-state index in [-0.39, 0.29) is 0 Å². The number of aromatic carboxylic acids is 1. The van der Waals surface area contributed by atoms with E-state index in [9.17, 15) is 4.79 Å².